The van der Waals surface area contributed by atoms with E-state index < -0.39 is 12.0 Å². The van der Waals surface area contributed by atoms with Crippen LogP contribution >= 0.6 is 0 Å². The number of imide groups is 1. The van der Waals surface area contributed by atoms with Crippen molar-refractivity contribution in [3.8, 4) is 0 Å². The van der Waals surface area contributed by atoms with Crippen molar-refractivity contribution in [2.75, 3.05) is 11.5 Å². The van der Waals surface area contributed by atoms with Crippen LogP contribution in [0.5, 0.6) is 0 Å². The Morgan fingerprint density at radius 2 is 1.81 bits per heavy atom. The minimum atomic E-state index is -0.549. The van der Waals surface area contributed by atoms with Gasteiger partial charge in [0.1, 0.15) is 0 Å². The molecular weight excluding hydrogens is 332 g/mol. The Labute approximate surface area is 151 Å². The monoisotopic (exact) mass is 352 g/mol. The van der Waals surface area contributed by atoms with E-state index in [1.807, 2.05) is 30.3 Å². The quantitative estimate of drug-likeness (QED) is 0.638. The van der Waals surface area contributed by atoms with Gasteiger partial charge in [-0.15, -0.1) is 0 Å². The second-order valence-corrected chi connectivity index (χ2v) is 5.96. The van der Waals surface area contributed by atoms with Gasteiger partial charge in [0, 0.05) is 6.54 Å². The second kappa shape index (κ2) is 7.93. The van der Waals surface area contributed by atoms with Crippen LogP contribution in [0.3, 0.4) is 0 Å². The van der Waals surface area contributed by atoms with Gasteiger partial charge in [0.25, 0.3) is 5.91 Å². The molecule has 0 aliphatic carbocycles. The van der Waals surface area contributed by atoms with Crippen LogP contribution < -0.4 is 10.2 Å². The normalized spacial score (nSPS) is 16.8. The maximum absolute atomic E-state index is 12.6. The van der Waals surface area contributed by atoms with Crippen molar-refractivity contribution in [1.29, 1.82) is 0 Å². The van der Waals surface area contributed by atoms with Crippen LogP contribution in [0, 0.1) is 0 Å². The first-order chi connectivity index (χ1) is 12.6. The number of ether oxygens (including phenoxy) is 1. The fourth-order valence-corrected chi connectivity index (χ4v) is 2.86. The first kappa shape index (κ1) is 17.8. The van der Waals surface area contributed by atoms with Crippen molar-refractivity contribution in [2.45, 2.75) is 25.9 Å². The third kappa shape index (κ3) is 3.81. The number of amides is 2. The summed E-state index contributed by atoms with van der Waals surface area (Å²) in [6.07, 6.45) is 0.116. The lowest BCUT2D eigenvalue weighted by atomic mass is 10.2. The van der Waals surface area contributed by atoms with Gasteiger partial charge in [-0.1, -0.05) is 30.3 Å². The SMILES string of the molecule is CCOC(=O)c1ccc(N2C(=O)CC(NCc3ccccc3)C2=O)cc1. The Kier molecular flexibility index (Phi) is 5.43. The van der Waals surface area contributed by atoms with Crippen molar-refractivity contribution in [3.05, 3.63) is 65.7 Å². The molecule has 6 heteroatoms. The zero-order valence-electron chi connectivity index (χ0n) is 14.5. The number of nitrogens with zero attached hydrogens (tertiary/aromatic N) is 1. The molecule has 1 fully saturated rings. The highest BCUT2D eigenvalue weighted by molar-refractivity contribution is 6.22. The molecule has 3 rings (SSSR count). The fourth-order valence-electron chi connectivity index (χ4n) is 2.86. The van der Waals surface area contributed by atoms with Gasteiger partial charge in [0.05, 0.1) is 30.3 Å². The van der Waals surface area contributed by atoms with E-state index >= 15 is 0 Å². The molecule has 1 aliphatic rings. The van der Waals surface area contributed by atoms with Crippen molar-refractivity contribution in [1.82, 2.24) is 5.32 Å². The molecule has 134 valence electrons. The molecular formula is C20H20N2O4. The molecule has 2 amide bonds. The first-order valence-electron chi connectivity index (χ1n) is 8.51. The Morgan fingerprint density at radius 1 is 1.12 bits per heavy atom. The van der Waals surface area contributed by atoms with Gasteiger partial charge in [0.15, 0.2) is 0 Å². The van der Waals surface area contributed by atoms with Crippen molar-refractivity contribution in [2.24, 2.45) is 0 Å². The lowest BCUT2D eigenvalue weighted by Gasteiger charge is -2.16. The molecule has 1 aliphatic heterocycles. The number of hydrogen-bond acceptors (Lipinski definition) is 5. The summed E-state index contributed by atoms with van der Waals surface area (Å²) in [6.45, 7) is 2.54. The van der Waals surface area contributed by atoms with Crippen LogP contribution in [0.4, 0.5) is 5.69 Å². The van der Waals surface area contributed by atoms with Crippen molar-refractivity contribution >= 4 is 23.5 Å². The van der Waals surface area contributed by atoms with E-state index in [-0.39, 0.29) is 18.2 Å². The number of hydrogen-bond donors (Lipinski definition) is 1. The van der Waals surface area contributed by atoms with Gasteiger partial charge in [-0.3, -0.25) is 9.59 Å². The Morgan fingerprint density at radius 3 is 2.46 bits per heavy atom. The van der Waals surface area contributed by atoms with Crippen LogP contribution in [-0.2, 0) is 20.9 Å². The van der Waals surface area contributed by atoms with Gasteiger partial charge < -0.3 is 10.1 Å². The van der Waals surface area contributed by atoms with E-state index in [0.29, 0.717) is 24.4 Å². The highest BCUT2D eigenvalue weighted by Crippen LogP contribution is 2.23. The molecule has 0 aromatic heterocycles. The smallest absolute Gasteiger partial charge is 0.338 e. The summed E-state index contributed by atoms with van der Waals surface area (Å²) >= 11 is 0. The number of nitrogens with one attached hydrogen (secondary N) is 1. The predicted octanol–water partition coefficient (Wildman–Crippen LogP) is 2.29. The molecule has 2 aromatic carbocycles. The second-order valence-electron chi connectivity index (χ2n) is 5.96. The van der Waals surface area contributed by atoms with E-state index in [2.05, 4.69) is 5.32 Å². The standard InChI is InChI=1S/C20H20N2O4/c1-2-26-20(25)15-8-10-16(11-9-15)22-18(23)12-17(19(22)24)21-13-14-6-4-3-5-7-14/h3-11,17,21H,2,12-13H2,1H3. The Hall–Kier alpha value is -2.99. The van der Waals surface area contributed by atoms with E-state index in [4.69, 9.17) is 4.74 Å². The number of anilines is 1. The number of rotatable bonds is 6. The number of carbonyl (C=O) groups excluding carboxylic acids is 3. The van der Waals surface area contributed by atoms with E-state index in [9.17, 15) is 14.4 Å². The summed E-state index contributed by atoms with van der Waals surface area (Å²) in [6, 6.07) is 15.4. The largest absolute Gasteiger partial charge is 0.462 e. The third-order valence-electron chi connectivity index (χ3n) is 4.18. The van der Waals surface area contributed by atoms with Crippen molar-refractivity contribution < 1.29 is 19.1 Å². The molecule has 1 atom stereocenters. The Balaban J connectivity index is 1.67. The topological polar surface area (TPSA) is 75.7 Å². The highest BCUT2D eigenvalue weighted by Gasteiger charge is 2.39. The van der Waals surface area contributed by atoms with Gasteiger partial charge in [0.2, 0.25) is 5.91 Å². The van der Waals surface area contributed by atoms with Crippen LogP contribution in [0.25, 0.3) is 0 Å². The molecule has 0 radical (unpaired) electrons. The van der Waals surface area contributed by atoms with Crippen LogP contribution in [0.1, 0.15) is 29.3 Å². The van der Waals surface area contributed by atoms with E-state index in [0.717, 1.165) is 10.5 Å². The van der Waals surface area contributed by atoms with Crippen LogP contribution in [-0.4, -0.2) is 30.4 Å². The first-order valence-corrected chi connectivity index (χ1v) is 8.51. The molecule has 1 unspecified atom stereocenters. The minimum absolute atomic E-state index is 0.116. The maximum Gasteiger partial charge on any atom is 0.338 e. The predicted molar refractivity (Wildman–Crippen MR) is 96.6 cm³/mol. The zero-order chi connectivity index (χ0) is 18.5. The van der Waals surface area contributed by atoms with Crippen molar-refractivity contribution in [3.63, 3.8) is 0 Å². The summed E-state index contributed by atoms with van der Waals surface area (Å²) in [4.78, 5) is 37.8. The number of benzene rings is 2. The molecule has 0 saturated carbocycles. The lowest BCUT2D eigenvalue weighted by Crippen LogP contribution is -2.38. The van der Waals surface area contributed by atoms with Crippen LogP contribution in [0.2, 0.25) is 0 Å². The van der Waals surface area contributed by atoms with Crippen LogP contribution in [0.15, 0.2) is 54.6 Å². The maximum atomic E-state index is 12.6. The van der Waals surface area contributed by atoms with E-state index in [1.165, 1.54) is 0 Å². The number of carbonyl (C=O) groups is 3. The zero-order valence-corrected chi connectivity index (χ0v) is 14.5. The highest BCUT2D eigenvalue weighted by atomic mass is 16.5. The minimum Gasteiger partial charge on any atom is -0.462 e. The van der Waals surface area contributed by atoms with E-state index in [1.54, 1.807) is 31.2 Å². The summed E-state index contributed by atoms with van der Waals surface area (Å²) in [5.74, 6) is -0.972. The lowest BCUT2D eigenvalue weighted by molar-refractivity contribution is -0.121. The average Bonchev–Trinajstić information content (AvgIpc) is 2.95. The molecule has 1 N–H and O–H groups in total. The van der Waals surface area contributed by atoms with Gasteiger partial charge in [-0.2, -0.15) is 0 Å². The summed E-state index contributed by atoms with van der Waals surface area (Å²) in [7, 11) is 0. The molecule has 6 nitrogen and oxygen atoms in total. The van der Waals surface area contributed by atoms with Gasteiger partial charge in [-0.25, -0.2) is 9.69 Å². The third-order valence-corrected chi connectivity index (χ3v) is 4.18. The molecule has 0 spiro atoms. The number of esters is 1. The molecule has 2 aromatic rings. The van der Waals surface area contributed by atoms with Gasteiger partial charge in [-0.05, 0) is 36.8 Å². The summed E-state index contributed by atoms with van der Waals surface area (Å²) in [5.41, 5.74) is 1.88. The molecule has 1 heterocycles. The fraction of sp³-hybridized carbons (Fsp3) is 0.250. The molecule has 26 heavy (non-hydrogen) atoms. The summed E-state index contributed by atoms with van der Waals surface area (Å²) in [5, 5.41) is 3.14. The molecule has 0 bridgehead atoms. The molecule has 1 saturated heterocycles. The average molecular weight is 352 g/mol. The van der Waals surface area contributed by atoms with Gasteiger partial charge >= 0.3 is 5.97 Å². The Bertz CT molecular complexity index is 802. The summed E-state index contributed by atoms with van der Waals surface area (Å²) < 4.78 is 4.93.